The van der Waals surface area contributed by atoms with Crippen molar-refractivity contribution in [2.75, 3.05) is 51.4 Å². The van der Waals surface area contributed by atoms with Gasteiger partial charge in [-0.2, -0.15) is 0 Å². The van der Waals surface area contributed by atoms with E-state index < -0.39 is 6.10 Å². The molecule has 4 N–H and O–H groups in total. The quantitative estimate of drug-likeness (QED) is 0.0665. The van der Waals surface area contributed by atoms with Crippen LogP contribution in [-0.2, 0) is 24.7 Å². The van der Waals surface area contributed by atoms with Crippen molar-refractivity contribution in [1.29, 1.82) is 0 Å². The minimum atomic E-state index is -0.803. The molecule has 1 saturated carbocycles. The SMILES string of the molecule is COc1c(OCCc2ccccc2)c(CCc2cccc(-c3cc(C4(C)CCCC4)[nH]c3N3CCNCC3)c2)c2oc(-c3ccc(O)cc3)cc(=O)c2c1OCC[C@@H](O)/C=C/c1ccccc1. The normalized spacial score (nSPS) is 15.3. The number of hydrogen-bond donors (Lipinski definition) is 4. The Kier molecular flexibility index (Phi) is 14.1. The second-order valence-electron chi connectivity index (χ2n) is 18.1. The fourth-order valence-electron chi connectivity index (χ4n) is 9.64. The Hall–Kier alpha value is -6.75. The van der Waals surface area contributed by atoms with Gasteiger partial charge in [-0.25, -0.2) is 0 Å². The Bertz CT molecular complexity index is 2840. The van der Waals surface area contributed by atoms with Crippen LogP contribution in [0, 0.1) is 0 Å². The van der Waals surface area contributed by atoms with Crippen LogP contribution < -0.4 is 29.9 Å². The van der Waals surface area contributed by atoms with Crippen LogP contribution in [0.4, 0.5) is 5.82 Å². The first-order valence-electron chi connectivity index (χ1n) is 23.8. The monoisotopic (exact) mass is 899 g/mol. The Morgan fingerprint density at radius 3 is 2.24 bits per heavy atom. The Labute approximate surface area is 392 Å². The molecular weight excluding hydrogens is 839 g/mol. The first kappa shape index (κ1) is 45.4. The van der Waals surface area contributed by atoms with Crippen molar-refractivity contribution in [1.82, 2.24) is 10.3 Å². The van der Waals surface area contributed by atoms with Crippen molar-refractivity contribution in [3.8, 4) is 45.4 Å². The van der Waals surface area contributed by atoms with Crippen LogP contribution in [0.1, 0.15) is 67.0 Å². The summed E-state index contributed by atoms with van der Waals surface area (Å²) in [6.07, 6.45) is 9.61. The number of piperazine rings is 1. The lowest BCUT2D eigenvalue weighted by atomic mass is 9.85. The molecule has 3 heterocycles. The highest BCUT2D eigenvalue weighted by atomic mass is 16.5. The minimum absolute atomic E-state index is 0.0798. The summed E-state index contributed by atoms with van der Waals surface area (Å²) >= 11 is 0. The molecule has 2 aliphatic rings. The maximum Gasteiger partial charge on any atom is 0.204 e. The van der Waals surface area contributed by atoms with Crippen molar-refractivity contribution in [2.45, 2.75) is 69.8 Å². The molecule has 2 fully saturated rings. The van der Waals surface area contributed by atoms with Crippen LogP contribution in [0.3, 0.4) is 0 Å². The van der Waals surface area contributed by atoms with Gasteiger partial charge in [0.15, 0.2) is 16.9 Å². The fraction of sp³-hybridized carbons (Fsp3) is 0.316. The first-order valence-corrected chi connectivity index (χ1v) is 23.8. The molecule has 1 saturated heterocycles. The number of ether oxygens (including phenoxy) is 3. The number of aryl methyl sites for hydroxylation is 2. The third-order valence-electron chi connectivity index (χ3n) is 13.4. The standard InChI is InChI=1S/C57H61N3O7/c1-57(28-9-10-29-57)50-37-47(56(59-50)60-32-30-58-31-33-60)43-17-11-16-41(36-43)19-25-46-52-51(48(63)38-49(67-52)42-20-23-44(61)24-21-42)54(66-35-27-45(62)22-18-39-12-5-3-6-13-39)55(64-2)53(46)65-34-26-40-14-7-4-8-15-40/h3-8,11-18,20-24,36-38,45,58-59,61-62H,9-10,19,25-35H2,1-2H3/b22-18+/t45-/m0/s1. The number of phenols is 1. The number of aromatic nitrogens is 1. The van der Waals surface area contributed by atoms with Crippen LogP contribution >= 0.6 is 0 Å². The van der Waals surface area contributed by atoms with E-state index in [1.165, 1.54) is 48.8 Å². The summed E-state index contributed by atoms with van der Waals surface area (Å²) in [5.74, 6) is 2.56. The number of nitrogens with zero attached hydrogens (tertiary/aromatic N) is 1. The molecule has 5 aromatic carbocycles. The van der Waals surface area contributed by atoms with E-state index in [4.69, 9.17) is 18.6 Å². The molecule has 2 aromatic heterocycles. The number of aliphatic hydroxyl groups excluding tert-OH is 1. The number of aromatic hydroxyl groups is 1. The lowest BCUT2D eigenvalue weighted by molar-refractivity contribution is 0.176. The molecule has 0 spiro atoms. The van der Waals surface area contributed by atoms with Crippen molar-refractivity contribution in [2.24, 2.45) is 0 Å². The Morgan fingerprint density at radius 1 is 0.776 bits per heavy atom. The predicted molar refractivity (Wildman–Crippen MR) is 268 cm³/mol. The van der Waals surface area contributed by atoms with Crippen LogP contribution in [-0.4, -0.2) is 67.8 Å². The zero-order valence-electron chi connectivity index (χ0n) is 38.6. The van der Waals surface area contributed by atoms with Gasteiger partial charge >= 0.3 is 0 Å². The minimum Gasteiger partial charge on any atom is -0.508 e. The summed E-state index contributed by atoms with van der Waals surface area (Å²) in [5.41, 5.74) is 8.36. The lowest BCUT2D eigenvalue weighted by Crippen LogP contribution is -2.43. The van der Waals surface area contributed by atoms with E-state index in [1.807, 2.05) is 54.6 Å². The Balaban J connectivity index is 1.11. The molecule has 1 atom stereocenters. The van der Waals surface area contributed by atoms with Gasteiger partial charge in [0.2, 0.25) is 5.75 Å². The number of aliphatic hydroxyl groups is 1. The van der Waals surface area contributed by atoms with E-state index in [1.54, 1.807) is 37.5 Å². The number of phenolic OH excluding ortho intramolecular Hbond substituents is 1. The van der Waals surface area contributed by atoms with Crippen molar-refractivity contribution in [3.05, 3.63) is 166 Å². The second kappa shape index (κ2) is 20.8. The number of anilines is 1. The number of nitrogens with one attached hydrogen (secondary N) is 2. The third kappa shape index (κ3) is 10.5. The molecule has 0 unspecified atom stereocenters. The van der Waals surface area contributed by atoms with E-state index in [9.17, 15) is 15.0 Å². The van der Waals surface area contributed by atoms with E-state index in [-0.39, 0.29) is 40.8 Å². The molecule has 0 radical (unpaired) electrons. The van der Waals surface area contributed by atoms with Gasteiger partial charge < -0.3 is 44.0 Å². The molecule has 7 aromatic rings. The van der Waals surface area contributed by atoms with Gasteiger partial charge in [-0.05, 0) is 78.3 Å². The zero-order valence-corrected chi connectivity index (χ0v) is 38.6. The smallest absolute Gasteiger partial charge is 0.204 e. The molecule has 1 aliphatic carbocycles. The number of benzene rings is 5. The van der Waals surface area contributed by atoms with Crippen LogP contribution in [0.25, 0.3) is 39.5 Å². The molecule has 9 rings (SSSR count). The average Bonchev–Trinajstić information content (AvgIpc) is 4.03. The number of aromatic amines is 1. The van der Waals surface area contributed by atoms with Gasteiger partial charge in [0.25, 0.3) is 0 Å². The molecule has 346 valence electrons. The summed E-state index contributed by atoms with van der Waals surface area (Å²) in [6.45, 7) is 6.57. The molecular formula is C57H61N3O7. The number of fused-ring (bicyclic) bond motifs is 1. The molecule has 0 bridgehead atoms. The van der Waals surface area contributed by atoms with E-state index in [0.717, 1.165) is 48.4 Å². The number of rotatable bonds is 18. The molecule has 1 aliphatic heterocycles. The maximum atomic E-state index is 14.5. The number of hydrogen-bond acceptors (Lipinski definition) is 9. The summed E-state index contributed by atoms with van der Waals surface area (Å²) in [6, 6.07) is 39.2. The van der Waals surface area contributed by atoms with E-state index in [0.29, 0.717) is 59.8 Å². The van der Waals surface area contributed by atoms with Crippen molar-refractivity contribution >= 4 is 22.9 Å². The van der Waals surface area contributed by atoms with Gasteiger partial charge in [0, 0.05) is 72.9 Å². The van der Waals surface area contributed by atoms with Gasteiger partial charge in [0.05, 0.1) is 26.4 Å². The third-order valence-corrected chi connectivity index (χ3v) is 13.4. The fourth-order valence-corrected chi connectivity index (χ4v) is 9.64. The topological polar surface area (TPSA) is 129 Å². The summed E-state index contributed by atoms with van der Waals surface area (Å²) in [5, 5.41) is 24.8. The summed E-state index contributed by atoms with van der Waals surface area (Å²) in [4.78, 5) is 21.0. The van der Waals surface area contributed by atoms with Gasteiger partial charge in [-0.1, -0.05) is 117 Å². The predicted octanol–water partition coefficient (Wildman–Crippen LogP) is 10.7. The van der Waals surface area contributed by atoms with Crippen molar-refractivity contribution in [3.63, 3.8) is 0 Å². The van der Waals surface area contributed by atoms with Crippen LogP contribution in [0.15, 0.2) is 137 Å². The van der Waals surface area contributed by atoms with Gasteiger partial charge in [-0.3, -0.25) is 4.79 Å². The molecule has 10 heteroatoms. The lowest BCUT2D eigenvalue weighted by Gasteiger charge is -2.30. The first-order chi connectivity index (χ1) is 32.8. The summed E-state index contributed by atoms with van der Waals surface area (Å²) < 4.78 is 26.3. The molecule has 67 heavy (non-hydrogen) atoms. The largest absolute Gasteiger partial charge is 0.508 e. The van der Waals surface area contributed by atoms with Crippen LogP contribution in [0.2, 0.25) is 0 Å². The van der Waals surface area contributed by atoms with Crippen LogP contribution in [0.5, 0.6) is 23.0 Å². The average molecular weight is 900 g/mol. The van der Waals surface area contributed by atoms with E-state index in [2.05, 4.69) is 64.6 Å². The highest BCUT2D eigenvalue weighted by Crippen LogP contribution is 2.48. The molecule has 10 nitrogen and oxygen atoms in total. The zero-order chi connectivity index (χ0) is 46.2. The van der Waals surface area contributed by atoms with Gasteiger partial charge in [0.1, 0.15) is 28.3 Å². The van der Waals surface area contributed by atoms with Gasteiger partial charge in [-0.15, -0.1) is 0 Å². The summed E-state index contributed by atoms with van der Waals surface area (Å²) in [7, 11) is 1.56. The maximum absolute atomic E-state index is 14.5. The van der Waals surface area contributed by atoms with E-state index >= 15 is 0 Å². The highest BCUT2D eigenvalue weighted by molar-refractivity contribution is 5.93. The number of H-pyrrole nitrogens is 1. The Morgan fingerprint density at radius 2 is 1.49 bits per heavy atom. The molecule has 0 amide bonds. The highest BCUT2D eigenvalue weighted by Gasteiger charge is 2.34. The van der Waals surface area contributed by atoms with Crippen molar-refractivity contribution < 1.29 is 28.8 Å². The number of methoxy groups -OCH3 is 1. The second-order valence-corrected chi connectivity index (χ2v) is 18.1.